The molecule has 2 aliphatic heterocycles. The highest BCUT2D eigenvalue weighted by atomic mass is 16.5. The van der Waals surface area contributed by atoms with Crippen molar-refractivity contribution in [2.24, 2.45) is 0 Å². The molecule has 1 aromatic carbocycles. The van der Waals surface area contributed by atoms with E-state index in [1.807, 2.05) is 12.3 Å². The molecule has 1 fully saturated rings. The van der Waals surface area contributed by atoms with Crippen LogP contribution in [0.25, 0.3) is 11.0 Å². The number of hydrogen-bond donors (Lipinski definition) is 1. The molecule has 0 amide bonds. The lowest BCUT2D eigenvalue weighted by atomic mass is 9.98. The van der Waals surface area contributed by atoms with E-state index in [0.29, 0.717) is 12.6 Å². The Balaban J connectivity index is 1.47. The van der Waals surface area contributed by atoms with Gasteiger partial charge in [-0.15, -0.1) is 0 Å². The fourth-order valence-electron chi connectivity index (χ4n) is 4.75. The number of ether oxygens (including phenoxy) is 1. The molecule has 7 nitrogen and oxygen atoms in total. The summed E-state index contributed by atoms with van der Waals surface area (Å²) in [4.78, 5) is 19.7. The molecule has 5 rings (SSSR count). The maximum atomic E-state index is 12.2. The lowest BCUT2D eigenvalue weighted by molar-refractivity contribution is 0.0364. The maximum Gasteiger partial charge on any atom is 0.250 e. The van der Waals surface area contributed by atoms with E-state index in [4.69, 9.17) is 9.72 Å². The second kappa shape index (κ2) is 8.85. The summed E-state index contributed by atoms with van der Waals surface area (Å²) in [6.45, 7) is 8.35. The van der Waals surface area contributed by atoms with Crippen molar-refractivity contribution >= 4 is 16.7 Å². The van der Waals surface area contributed by atoms with Gasteiger partial charge in [0.25, 0.3) is 5.56 Å². The van der Waals surface area contributed by atoms with Crippen molar-refractivity contribution in [3.05, 3.63) is 58.3 Å². The van der Waals surface area contributed by atoms with Crippen LogP contribution in [0.15, 0.2) is 41.3 Å². The second-order valence-electron chi connectivity index (χ2n) is 8.66. The highest BCUT2D eigenvalue weighted by Gasteiger charge is 2.21. The summed E-state index contributed by atoms with van der Waals surface area (Å²) < 4.78 is 9.64. The molecular weight excluding hydrogens is 390 g/mol. The topological polar surface area (TPSA) is 64.3 Å². The molecule has 31 heavy (non-hydrogen) atoms. The Bertz CT molecular complexity index is 1110. The summed E-state index contributed by atoms with van der Waals surface area (Å²) in [5, 5.41) is 3.61. The average molecular weight is 422 g/mol. The molecule has 2 aromatic heterocycles. The Kier molecular flexibility index (Phi) is 5.78. The first-order valence-electron chi connectivity index (χ1n) is 11.4. The summed E-state index contributed by atoms with van der Waals surface area (Å²) in [5.41, 5.74) is 4.91. The first kappa shape index (κ1) is 20.3. The molecule has 7 heteroatoms. The van der Waals surface area contributed by atoms with Gasteiger partial charge in [-0.3, -0.25) is 9.69 Å². The Morgan fingerprint density at radius 3 is 2.84 bits per heavy atom. The molecular formula is C24H31N5O2. The van der Waals surface area contributed by atoms with Crippen LogP contribution >= 0.6 is 0 Å². The second-order valence-corrected chi connectivity index (χ2v) is 8.66. The molecule has 0 spiro atoms. The van der Waals surface area contributed by atoms with E-state index in [2.05, 4.69) is 33.8 Å². The summed E-state index contributed by atoms with van der Waals surface area (Å²) in [7, 11) is 0. The van der Waals surface area contributed by atoms with Crippen molar-refractivity contribution in [3.63, 3.8) is 0 Å². The molecule has 164 valence electrons. The largest absolute Gasteiger partial charge is 0.382 e. The van der Waals surface area contributed by atoms with Gasteiger partial charge in [0.2, 0.25) is 0 Å². The minimum atomic E-state index is 0.0362. The first-order chi connectivity index (χ1) is 15.2. The minimum Gasteiger partial charge on any atom is -0.382 e. The van der Waals surface area contributed by atoms with Crippen LogP contribution in [0.5, 0.6) is 0 Å². The van der Waals surface area contributed by atoms with E-state index < -0.39 is 0 Å². The number of rotatable bonds is 6. The predicted molar refractivity (Wildman–Crippen MR) is 123 cm³/mol. The summed E-state index contributed by atoms with van der Waals surface area (Å²) in [6.07, 6.45) is 4.77. The van der Waals surface area contributed by atoms with Crippen molar-refractivity contribution in [1.29, 1.82) is 0 Å². The van der Waals surface area contributed by atoms with Gasteiger partial charge in [0.05, 0.1) is 24.2 Å². The number of hydrogen-bond acceptors (Lipinski definition) is 5. The number of pyridine rings is 1. The molecule has 4 heterocycles. The number of imidazole rings is 1. The quantitative estimate of drug-likeness (QED) is 0.663. The third-order valence-corrected chi connectivity index (χ3v) is 6.55. The molecule has 0 bridgehead atoms. The zero-order chi connectivity index (χ0) is 21.2. The lowest BCUT2D eigenvalue weighted by Crippen LogP contribution is -2.38. The third-order valence-electron chi connectivity index (χ3n) is 6.55. The molecule has 0 saturated carbocycles. The van der Waals surface area contributed by atoms with Crippen LogP contribution in [0.4, 0.5) is 5.69 Å². The monoisotopic (exact) mass is 421 g/mol. The van der Waals surface area contributed by atoms with Gasteiger partial charge in [-0.2, -0.15) is 0 Å². The molecule has 0 radical (unpaired) electrons. The van der Waals surface area contributed by atoms with E-state index >= 15 is 0 Å². The van der Waals surface area contributed by atoms with Gasteiger partial charge < -0.3 is 19.2 Å². The molecule has 2 aliphatic rings. The van der Waals surface area contributed by atoms with Crippen molar-refractivity contribution in [2.45, 2.75) is 45.3 Å². The van der Waals surface area contributed by atoms with Crippen LogP contribution in [0.3, 0.4) is 0 Å². The van der Waals surface area contributed by atoms with Crippen LogP contribution in [-0.2, 0) is 30.7 Å². The Hall–Kier alpha value is -2.64. The van der Waals surface area contributed by atoms with Gasteiger partial charge in [-0.1, -0.05) is 6.07 Å². The highest BCUT2D eigenvalue weighted by Crippen LogP contribution is 2.32. The van der Waals surface area contributed by atoms with Gasteiger partial charge in [-0.05, 0) is 38.0 Å². The van der Waals surface area contributed by atoms with E-state index in [9.17, 15) is 4.79 Å². The molecule has 0 unspecified atom stereocenters. The van der Waals surface area contributed by atoms with Crippen LogP contribution < -0.4 is 10.9 Å². The van der Waals surface area contributed by atoms with Gasteiger partial charge in [0.1, 0.15) is 5.82 Å². The van der Waals surface area contributed by atoms with E-state index in [1.165, 1.54) is 16.8 Å². The standard InChI is InChI=1S/C24H31N5O2/c1-18-5-6-19-20(25-18)7-8-21-24(19)26-22(9-11-28-10-3-2-4-23(28)30)29(21)13-12-27-14-16-31-17-15-27/h2-4,7-8,10,18,25H,5-6,9,11-17H2,1H3/t18-/m0/s1. The Labute approximate surface area is 182 Å². The zero-order valence-corrected chi connectivity index (χ0v) is 18.2. The highest BCUT2D eigenvalue weighted by molar-refractivity contribution is 5.86. The average Bonchev–Trinajstić information content (AvgIpc) is 3.15. The zero-order valence-electron chi connectivity index (χ0n) is 18.2. The summed E-state index contributed by atoms with van der Waals surface area (Å²) in [5.74, 6) is 1.06. The number of aryl methyl sites for hydroxylation is 3. The summed E-state index contributed by atoms with van der Waals surface area (Å²) in [6, 6.07) is 10.2. The number of fused-ring (bicyclic) bond motifs is 3. The number of anilines is 1. The molecule has 1 atom stereocenters. The Morgan fingerprint density at radius 2 is 2.00 bits per heavy atom. The van der Waals surface area contributed by atoms with Crippen molar-refractivity contribution in [1.82, 2.24) is 19.0 Å². The first-order valence-corrected chi connectivity index (χ1v) is 11.4. The van der Waals surface area contributed by atoms with Crippen LogP contribution in [0, 0.1) is 0 Å². The van der Waals surface area contributed by atoms with Crippen molar-refractivity contribution < 1.29 is 4.74 Å². The molecule has 3 aromatic rings. The van der Waals surface area contributed by atoms with Gasteiger partial charge in [0.15, 0.2) is 0 Å². The number of nitrogens with zero attached hydrogens (tertiary/aromatic N) is 4. The van der Waals surface area contributed by atoms with Crippen LogP contribution in [-0.4, -0.2) is 57.9 Å². The fourth-order valence-corrected chi connectivity index (χ4v) is 4.75. The van der Waals surface area contributed by atoms with Crippen LogP contribution in [0.2, 0.25) is 0 Å². The Morgan fingerprint density at radius 1 is 1.13 bits per heavy atom. The smallest absolute Gasteiger partial charge is 0.250 e. The third kappa shape index (κ3) is 4.25. The van der Waals surface area contributed by atoms with Gasteiger partial charge in [-0.25, -0.2) is 4.98 Å². The summed E-state index contributed by atoms with van der Waals surface area (Å²) >= 11 is 0. The molecule has 1 saturated heterocycles. The van der Waals surface area contributed by atoms with Gasteiger partial charge in [0, 0.05) is 68.7 Å². The van der Waals surface area contributed by atoms with Gasteiger partial charge >= 0.3 is 0 Å². The lowest BCUT2D eigenvalue weighted by Gasteiger charge is -2.27. The van der Waals surface area contributed by atoms with E-state index in [0.717, 1.165) is 70.0 Å². The van der Waals surface area contributed by atoms with Crippen molar-refractivity contribution in [3.8, 4) is 0 Å². The predicted octanol–water partition coefficient (Wildman–Crippen LogP) is 2.52. The number of benzene rings is 1. The van der Waals surface area contributed by atoms with Crippen molar-refractivity contribution in [2.75, 3.05) is 38.2 Å². The fraction of sp³-hybridized carbons (Fsp3) is 0.500. The number of nitrogens with one attached hydrogen (secondary N) is 1. The number of morpholine rings is 1. The molecule has 0 aliphatic carbocycles. The number of aromatic nitrogens is 3. The van der Waals surface area contributed by atoms with E-state index in [-0.39, 0.29) is 5.56 Å². The van der Waals surface area contributed by atoms with Crippen LogP contribution in [0.1, 0.15) is 24.7 Å². The SMILES string of the molecule is C[C@H]1CCc2c(ccc3c2nc(CCn2ccccc2=O)n3CCN2CCOCC2)N1. The van der Waals surface area contributed by atoms with E-state index in [1.54, 1.807) is 16.7 Å². The maximum absolute atomic E-state index is 12.2. The minimum absolute atomic E-state index is 0.0362. The normalized spacial score (nSPS) is 19.3. The molecule has 1 N–H and O–H groups in total.